The average molecular weight is 384 g/mol. The smallest absolute Gasteiger partial charge is 0.268 e. The number of carbonyl (C=O) groups is 2. The molecule has 0 saturated heterocycles. The maximum absolute atomic E-state index is 12.7. The van der Waals surface area contributed by atoms with Crippen molar-refractivity contribution in [2.75, 3.05) is 25.0 Å². The van der Waals surface area contributed by atoms with Gasteiger partial charge in [-0.3, -0.25) is 14.5 Å². The van der Waals surface area contributed by atoms with Gasteiger partial charge < -0.3 is 9.64 Å². The van der Waals surface area contributed by atoms with Gasteiger partial charge in [-0.1, -0.05) is 0 Å². The van der Waals surface area contributed by atoms with Gasteiger partial charge in [0.05, 0.1) is 28.9 Å². The summed E-state index contributed by atoms with van der Waals surface area (Å²) >= 11 is 1.55. The number of nitriles is 1. The lowest BCUT2D eigenvalue weighted by molar-refractivity contribution is -0.132. The molecular weight excluding hydrogens is 364 g/mol. The molecule has 1 aromatic heterocycles. The second-order valence-electron chi connectivity index (χ2n) is 6.34. The Labute approximate surface area is 161 Å². The summed E-state index contributed by atoms with van der Waals surface area (Å²) in [7, 11) is 1.63. The van der Waals surface area contributed by atoms with Crippen LogP contribution in [0.3, 0.4) is 0 Å². The molecule has 0 radical (unpaired) electrons. The Bertz CT molecular complexity index is 918. The van der Waals surface area contributed by atoms with Crippen molar-refractivity contribution in [1.82, 2.24) is 9.88 Å². The standard InChI is InChI=1S/C19H20N4O3S/c1-12-19(25)23(10-18(24)22(3)8-4-7-20)16-9-14(5-6-17(16)26-12)15-11-27-13(2)21-15/h5-6,9,11-12H,4,8,10H2,1-3H3. The van der Waals surface area contributed by atoms with E-state index < -0.39 is 6.10 Å². The van der Waals surface area contributed by atoms with Crippen LogP contribution in [-0.2, 0) is 9.59 Å². The first-order valence-electron chi connectivity index (χ1n) is 8.56. The summed E-state index contributed by atoms with van der Waals surface area (Å²) in [5.41, 5.74) is 2.24. The molecule has 0 saturated carbocycles. The van der Waals surface area contributed by atoms with Crippen molar-refractivity contribution < 1.29 is 14.3 Å². The van der Waals surface area contributed by atoms with Crippen LogP contribution in [0.4, 0.5) is 5.69 Å². The lowest BCUT2D eigenvalue weighted by Crippen LogP contribution is -2.49. The predicted molar refractivity (Wildman–Crippen MR) is 103 cm³/mol. The summed E-state index contributed by atoms with van der Waals surface area (Å²) in [5, 5.41) is 11.6. The third kappa shape index (κ3) is 3.93. The number of amides is 2. The van der Waals surface area contributed by atoms with Gasteiger partial charge in [-0.25, -0.2) is 4.98 Å². The first-order chi connectivity index (χ1) is 12.9. The van der Waals surface area contributed by atoms with E-state index in [9.17, 15) is 9.59 Å². The Morgan fingerprint density at radius 1 is 1.48 bits per heavy atom. The number of hydrogen-bond acceptors (Lipinski definition) is 6. The molecule has 1 unspecified atom stereocenters. The number of thiazole rings is 1. The molecule has 8 heteroatoms. The van der Waals surface area contributed by atoms with Gasteiger partial charge in [0, 0.05) is 24.5 Å². The summed E-state index contributed by atoms with van der Waals surface area (Å²) in [6.07, 6.45) is -0.415. The summed E-state index contributed by atoms with van der Waals surface area (Å²) in [6.45, 7) is 3.83. The maximum Gasteiger partial charge on any atom is 0.268 e. The van der Waals surface area contributed by atoms with Crippen LogP contribution in [0, 0.1) is 18.3 Å². The van der Waals surface area contributed by atoms with Crippen LogP contribution < -0.4 is 9.64 Å². The number of rotatable bonds is 5. The van der Waals surface area contributed by atoms with Crippen molar-refractivity contribution >= 4 is 28.8 Å². The largest absolute Gasteiger partial charge is 0.479 e. The second kappa shape index (κ2) is 7.76. The molecule has 1 aromatic carbocycles. The lowest BCUT2D eigenvalue weighted by Gasteiger charge is -2.33. The van der Waals surface area contributed by atoms with Crippen LogP contribution >= 0.6 is 11.3 Å². The maximum atomic E-state index is 12.7. The van der Waals surface area contributed by atoms with E-state index in [1.54, 1.807) is 31.4 Å². The third-order valence-corrected chi connectivity index (χ3v) is 5.13. The number of anilines is 1. The zero-order chi connectivity index (χ0) is 19.6. The molecule has 140 valence electrons. The first kappa shape index (κ1) is 18.9. The minimum atomic E-state index is -0.665. The topological polar surface area (TPSA) is 86.5 Å². The molecule has 0 aliphatic carbocycles. The molecular formula is C19H20N4O3S. The molecule has 3 rings (SSSR count). The first-order valence-corrected chi connectivity index (χ1v) is 9.44. The molecule has 27 heavy (non-hydrogen) atoms. The van der Waals surface area contributed by atoms with Crippen molar-refractivity contribution in [2.45, 2.75) is 26.4 Å². The lowest BCUT2D eigenvalue weighted by atomic mass is 10.1. The van der Waals surface area contributed by atoms with Gasteiger partial charge >= 0.3 is 0 Å². The van der Waals surface area contributed by atoms with Gasteiger partial charge in [-0.2, -0.15) is 5.26 Å². The Hall–Kier alpha value is -2.92. The normalized spacial score (nSPS) is 15.7. The molecule has 2 amide bonds. The predicted octanol–water partition coefficient (Wildman–Crippen LogP) is 2.60. The van der Waals surface area contributed by atoms with E-state index in [4.69, 9.17) is 10.00 Å². The van der Waals surface area contributed by atoms with Crippen LogP contribution in [-0.4, -0.2) is 47.9 Å². The molecule has 1 aliphatic heterocycles. The number of aromatic nitrogens is 1. The van der Waals surface area contributed by atoms with Crippen molar-refractivity contribution in [2.24, 2.45) is 0 Å². The third-order valence-electron chi connectivity index (χ3n) is 4.36. The van der Waals surface area contributed by atoms with E-state index in [0.717, 1.165) is 16.3 Å². The fourth-order valence-corrected chi connectivity index (χ4v) is 3.45. The highest BCUT2D eigenvalue weighted by Crippen LogP contribution is 2.37. The quantitative estimate of drug-likeness (QED) is 0.791. The van der Waals surface area contributed by atoms with Crippen LogP contribution in [0.15, 0.2) is 23.6 Å². The molecule has 0 fully saturated rings. The van der Waals surface area contributed by atoms with Crippen LogP contribution in [0.2, 0.25) is 0 Å². The Kier molecular flexibility index (Phi) is 5.42. The molecule has 1 aliphatic rings. The minimum absolute atomic E-state index is 0.0962. The number of fused-ring (bicyclic) bond motifs is 1. The van der Waals surface area contributed by atoms with Crippen LogP contribution in [0.1, 0.15) is 18.4 Å². The minimum Gasteiger partial charge on any atom is -0.479 e. The van der Waals surface area contributed by atoms with E-state index >= 15 is 0 Å². The molecule has 7 nitrogen and oxygen atoms in total. The summed E-state index contributed by atoms with van der Waals surface area (Å²) in [6, 6.07) is 7.55. The number of nitrogens with zero attached hydrogens (tertiary/aromatic N) is 4. The highest BCUT2D eigenvalue weighted by atomic mass is 32.1. The summed E-state index contributed by atoms with van der Waals surface area (Å²) < 4.78 is 5.70. The number of aryl methyl sites for hydroxylation is 1. The number of likely N-dealkylation sites (N-methyl/N-ethyl adjacent to an activating group) is 1. The van der Waals surface area contributed by atoms with E-state index in [-0.39, 0.29) is 24.8 Å². The molecule has 2 heterocycles. The van der Waals surface area contributed by atoms with Crippen molar-refractivity contribution in [3.05, 3.63) is 28.6 Å². The van der Waals surface area contributed by atoms with Crippen LogP contribution in [0.25, 0.3) is 11.3 Å². The van der Waals surface area contributed by atoms with E-state index in [0.29, 0.717) is 18.0 Å². The van der Waals surface area contributed by atoms with Gasteiger partial charge in [0.2, 0.25) is 5.91 Å². The van der Waals surface area contributed by atoms with E-state index in [1.807, 2.05) is 30.5 Å². The Morgan fingerprint density at radius 2 is 2.26 bits per heavy atom. The number of hydrogen-bond donors (Lipinski definition) is 0. The second-order valence-corrected chi connectivity index (χ2v) is 7.40. The van der Waals surface area contributed by atoms with E-state index in [1.165, 1.54) is 9.80 Å². The van der Waals surface area contributed by atoms with Crippen molar-refractivity contribution in [1.29, 1.82) is 5.26 Å². The van der Waals surface area contributed by atoms with Crippen LogP contribution in [0.5, 0.6) is 5.75 Å². The molecule has 0 spiro atoms. The summed E-state index contributed by atoms with van der Waals surface area (Å²) in [5.74, 6) is 0.0648. The van der Waals surface area contributed by atoms with Gasteiger partial charge in [0.25, 0.3) is 5.91 Å². The van der Waals surface area contributed by atoms with Gasteiger partial charge in [-0.15, -0.1) is 11.3 Å². The summed E-state index contributed by atoms with van der Waals surface area (Å²) in [4.78, 5) is 32.6. The fraction of sp³-hybridized carbons (Fsp3) is 0.368. The molecule has 2 aromatic rings. The molecule has 1 atom stereocenters. The Balaban J connectivity index is 1.91. The highest BCUT2D eigenvalue weighted by Gasteiger charge is 2.33. The average Bonchev–Trinajstić information content (AvgIpc) is 3.09. The molecule has 0 bridgehead atoms. The van der Waals surface area contributed by atoms with Gasteiger partial charge in [-0.05, 0) is 32.0 Å². The number of ether oxygens (including phenoxy) is 1. The van der Waals surface area contributed by atoms with Gasteiger partial charge in [0.1, 0.15) is 12.3 Å². The fourth-order valence-electron chi connectivity index (χ4n) is 2.82. The van der Waals surface area contributed by atoms with Crippen molar-refractivity contribution in [3.8, 4) is 23.1 Å². The Morgan fingerprint density at radius 3 is 2.93 bits per heavy atom. The van der Waals surface area contributed by atoms with Gasteiger partial charge in [0.15, 0.2) is 6.10 Å². The van der Waals surface area contributed by atoms with E-state index in [2.05, 4.69) is 4.98 Å². The number of carbonyl (C=O) groups excluding carboxylic acids is 2. The molecule has 0 N–H and O–H groups in total. The number of benzene rings is 1. The highest BCUT2D eigenvalue weighted by molar-refractivity contribution is 7.09. The SMILES string of the molecule is Cc1nc(-c2ccc3c(c2)N(CC(=O)N(C)CCC#N)C(=O)C(C)O3)cs1. The van der Waals surface area contributed by atoms with Crippen molar-refractivity contribution in [3.63, 3.8) is 0 Å². The monoisotopic (exact) mass is 384 g/mol. The zero-order valence-corrected chi connectivity index (χ0v) is 16.2. The zero-order valence-electron chi connectivity index (χ0n) is 15.4.